The Hall–Kier alpha value is -3.15. The average Bonchev–Trinajstić information content (AvgIpc) is 3.10. The fourth-order valence-corrected chi connectivity index (χ4v) is 3.64. The van der Waals surface area contributed by atoms with Gasteiger partial charge in [0.15, 0.2) is 0 Å². The number of rotatable bonds is 7. The van der Waals surface area contributed by atoms with E-state index in [-0.39, 0.29) is 23.6 Å². The first-order valence-electron chi connectivity index (χ1n) is 10.4. The largest absolute Gasteiger partial charge is 0.340 e. The van der Waals surface area contributed by atoms with Crippen LogP contribution in [0.2, 0.25) is 0 Å². The van der Waals surface area contributed by atoms with E-state index in [4.69, 9.17) is 0 Å². The van der Waals surface area contributed by atoms with E-state index < -0.39 is 6.04 Å². The molecule has 1 aliphatic heterocycles. The number of benzene rings is 2. The Balaban J connectivity index is 1.68. The molecule has 6 heteroatoms. The van der Waals surface area contributed by atoms with Gasteiger partial charge in [-0.15, -0.1) is 0 Å². The molecule has 30 heavy (non-hydrogen) atoms. The van der Waals surface area contributed by atoms with Gasteiger partial charge in [0.1, 0.15) is 6.04 Å². The molecule has 0 bridgehead atoms. The number of likely N-dealkylation sites (tertiary alicyclic amines) is 1. The third-order valence-corrected chi connectivity index (χ3v) is 5.36. The predicted molar refractivity (Wildman–Crippen MR) is 117 cm³/mol. The van der Waals surface area contributed by atoms with Crippen molar-refractivity contribution in [1.29, 1.82) is 0 Å². The van der Waals surface area contributed by atoms with Crippen LogP contribution in [0.25, 0.3) is 0 Å². The van der Waals surface area contributed by atoms with Crippen molar-refractivity contribution in [2.24, 2.45) is 5.92 Å². The average molecular weight is 408 g/mol. The number of amides is 3. The molecule has 2 aromatic rings. The highest BCUT2D eigenvalue weighted by Crippen LogP contribution is 2.18. The number of carbonyl (C=O) groups is 3. The van der Waals surface area contributed by atoms with Gasteiger partial charge in [0.25, 0.3) is 5.91 Å². The van der Waals surface area contributed by atoms with Crippen molar-refractivity contribution in [2.75, 3.05) is 11.9 Å². The van der Waals surface area contributed by atoms with E-state index in [1.54, 1.807) is 6.07 Å². The van der Waals surface area contributed by atoms with E-state index >= 15 is 0 Å². The summed E-state index contributed by atoms with van der Waals surface area (Å²) >= 11 is 0. The zero-order valence-corrected chi connectivity index (χ0v) is 17.8. The zero-order chi connectivity index (χ0) is 21.7. The van der Waals surface area contributed by atoms with Gasteiger partial charge in [-0.1, -0.05) is 44.2 Å². The summed E-state index contributed by atoms with van der Waals surface area (Å²) in [5.41, 5.74) is 3.04. The number of aryl methyl sites for hydroxylation is 1. The highest BCUT2D eigenvalue weighted by atomic mass is 16.2. The van der Waals surface area contributed by atoms with E-state index in [2.05, 4.69) is 10.6 Å². The molecule has 0 radical (unpaired) electrons. The molecule has 0 aromatic heterocycles. The van der Waals surface area contributed by atoms with Crippen LogP contribution < -0.4 is 10.6 Å². The SMILES string of the molecule is Cc1ccccc1C(=O)NC(C(=O)Nc1cccc(CN2CCCC2=O)c1)C(C)C. The Morgan fingerprint density at radius 1 is 1.10 bits per heavy atom. The maximum Gasteiger partial charge on any atom is 0.252 e. The highest BCUT2D eigenvalue weighted by molar-refractivity contribution is 6.01. The molecule has 0 saturated carbocycles. The van der Waals surface area contributed by atoms with Gasteiger partial charge < -0.3 is 15.5 Å². The summed E-state index contributed by atoms with van der Waals surface area (Å²) in [6.07, 6.45) is 1.50. The Morgan fingerprint density at radius 2 is 1.87 bits per heavy atom. The lowest BCUT2D eigenvalue weighted by molar-refractivity contribution is -0.128. The Bertz CT molecular complexity index is 939. The Kier molecular flexibility index (Phi) is 6.87. The number of nitrogens with one attached hydrogen (secondary N) is 2. The van der Waals surface area contributed by atoms with Crippen LogP contribution in [0.15, 0.2) is 48.5 Å². The van der Waals surface area contributed by atoms with E-state index in [1.807, 2.05) is 68.1 Å². The van der Waals surface area contributed by atoms with Crippen LogP contribution in [0.3, 0.4) is 0 Å². The summed E-state index contributed by atoms with van der Waals surface area (Å²) < 4.78 is 0. The van der Waals surface area contributed by atoms with E-state index in [1.165, 1.54) is 0 Å². The van der Waals surface area contributed by atoms with Gasteiger partial charge in [-0.05, 0) is 48.6 Å². The second-order valence-electron chi connectivity index (χ2n) is 8.12. The second-order valence-corrected chi connectivity index (χ2v) is 8.12. The fourth-order valence-electron chi connectivity index (χ4n) is 3.64. The van der Waals surface area contributed by atoms with Crippen molar-refractivity contribution in [1.82, 2.24) is 10.2 Å². The van der Waals surface area contributed by atoms with Crippen LogP contribution in [0, 0.1) is 12.8 Å². The first-order valence-corrected chi connectivity index (χ1v) is 10.4. The highest BCUT2D eigenvalue weighted by Gasteiger charge is 2.25. The topological polar surface area (TPSA) is 78.5 Å². The van der Waals surface area contributed by atoms with Crippen molar-refractivity contribution < 1.29 is 14.4 Å². The van der Waals surface area contributed by atoms with Crippen LogP contribution in [-0.2, 0) is 16.1 Å². The minimum Gasteiger partial charge on any atom is -0.340 e. The van der Waals surface area contributed by atoms with Crippen LogP contribution in [0.4, 0.5) is 5.69 Å². The summed E-state index contributed by atoms with van der Waals surface area (Å²) in [5.74, 6) is -0.434. The van der Waals surface area contributed by atoms with Crippen LogP contribution in [0.5, 0.6) is 0 Å². The molecule has 0 aliphatic carbocycles. The summed E-state index contributed by atoms with van der Waals surface area (Å²) in [6.45, 7) is 6.99. The summed E-state index contributed by atoms with van der Waals surface area (Å²) in [6, 6.07) is 14.1. The summed E-state index contributed by atoms with van der Waals surface area (Å²) in [4.78, 5) is 39.3. The molecule has 2 N–H and O–H groups in total. The molecule has 1 atom stereocenters. The molecule has 2 aromatic carbocycles. The minimum atomic E-state index is -0.666. The molecule has 6 nitrogen and oxygen atoms in total. The van der Waals surface area contributed by atoms with Crippen LogP contribution in [-0.4, -0.2) is 35.2 Å². The van der Waals surface area contributed by atoms with Crippen molar-refractivity contribution >= 4 is 23.4 Å². The van der Waals surface area contributed by atoms with Gasteiger partial charge in [-0.2, -0.15) is 0 Å². The fraction of sp³-hybridized carbons (Fsp3) is 0.375. The number of hydrogen-bond acceptors (Lipinski definition) is 3. The molecule has 3 rings (SSSR count). The minimum absolute atomic E-state index is 0.0802. The van der Waals surface area contributed by atoms with Crippen molar-refractivity contribution in [3.63, 3.8) is 0 Å². The van der Waals surface area contributed by atoms with Gasteiger partial charge >= 0.3 is 0 Å². The Labute approximate surface area is 177 Å². The number of hydrogen-bond donors (Lipinski definition) is 2. The monoisotopic (exact) mass is 407 g/mol. The van der Waals surface area contributed by atoms with Gasteiger partial charge in [-0.3, -0.25) is 14.4 Å². The summed E-state index contributed by atoms with van der Waals surface area (Å²) in [5, 5.41) is 5.78. The molecule has 1 fully saturated rings. The molecule has 0 spiro atoms. The zero-order valence-electron chi connectivity index (χ0n) is 17.8. The van der Waals surface area contributed by atoms with Gasteiger partial charge in [0.05, 0.1) is 0 Å². The van der Waals surface area contributed by atoms with Crippen molar-refractivity contribution in [3.05, 3.63) is 65.2 Å². The van der Waals surface area contributed by atoms with E-state index in [0.29, 0.717) is 24.2 Å². The molecule has 3 amide bonds. The maximum atomic E-state index is 12.9. The molecule has 1 unspecified atom stereocenters. The molecule has 1 aliphatic rings. The number of anilines is 1. The van der Waals surface area contributed by atoms with Gasteiger partial charge in [-0.25, -0.2) is 0 Å². The summed E-state index contributed by atoms with van der Waals surface area (Å²) in [7, 11) is 0. The second kappa shape index (κ2) is 9.57. The van der Waals surface area contributed by atoms with Gasteiger partial charge in [0.2, 0.25) is 11.8 Å². The van der Waals surface area contributed by atoms with Gasteiger partial charge in [0, 0.05) is 30.8 Å². The quantitative estimate of drug-likeness (QED) is 0.737. The predicted octanol–water partition coefficient (Wildman–Crippen LogP) is 3.51. The lowest BCUT2D eigenvalue weighted by atomic mass is 10.0. The van der Waals surface area contributed by atoms with E-state index in [9.17, 15) is 14.4 Å². The molecule has 158 valence electrons. The third-order valence-electron chi connectivity index (χ3n) is 5.36. The first-order chi connectivity index (χ1) is 14.3. The van der Waals surface area contributed by atoms with Crippen molar-refractivity contribution in [3.8, 4) is 0 Å². The molecular weight excluding hydrogens is 378 g/mol. The lowest BCUT2D eigenvalue weighted by Crippen LogP contribution is -2.47. The number of nitrogens with zero attached hydrogens (tertiary/aromatic N) is 1. The first kappa shape index (κ1) is 21.6. The maximum absolute atomic E-state index is 12.9. The molecular formula is C24H29N3O3. The standard InChI is InChI=1S/C24H29N3O3/c1-16(2)22(26-23(29)20-11-5-4-8-17(20)3)24(30)25-19-10-6-9-18(14-19)15-27-13-7-12-21(27)28/h4-6,8-11,14,16,22H,7,12-13,15H2,1-3H3,(H,25,30)(H,26,29). The van der Waals surface area contributed by atoms with Crippen molar-refractivity contribution in [2.45, 2.75) is 46.2 Å². The smallest absolute Gasteiger partial charge is 0.252 e. The third kappa shape index (κ3) is 5.26. The Morgan fingerprint density at radius 3 is 2.53 bits per heavy atom. The van der Waals surface area contributed by atoms with E-state index in [0.717, 1.165) is 24.1 Å². The lowest BCUT2D eigenvalue weighted by Gasteiger charge is -2.22. The normalized spacial score (nSPS) is 14.7. The molecule has 1 heterocycles. The van der Waals surface area contributed by atoms with Crippen LogP contribution >= 0.6 is 0 Å². The molecule has 1 saturated heterocycles. The van der Waals surface area contributed by atoms with Crippen LogP contribution in [0.1, 0.15) is 48.2 Å². The number of carbonyl (C=O) groups excluding carboxylic acids is 3.